The van der Waals surface area contributed by atoms with Crippen molar-refractivity contribution in [1.82, 2.24) is 9.55 Å². The Labute approximate surface area is 182 Å². The third-order valence-electron chi connectivity index (χ3n) is 4.88. The summed E-state index contributed by atoms with van der Waals surface area (Å²) in [6.45, 7) is 1.66. The molecule has 31 heavy (non-hydrogen) atoms. The van der Waals surface area contributed by atoms with Crippen molar-refractivity contribution in [2.24, 2.45) is 0 Å². The van der Waals surface area contributed by atoms with Crippen LogP contribution in [0.3, 0.4) is 0 Å². The van der Waals surface area contributed by atoms with Gasteiger partial charge in [-0.15, -0.1) is 0 Å². The topological polar surface area (TPSA) is 61.2 Å². The van der Waals surface area contributed by atoms with Crippen molar-refractivity contribution in [2.75, 3.05) is 12.9 Å². The Bertz CT molecular complexity index is 1350. The van der Waals surface area contributed by atoms with Crippen LogP contribution < -0.4 is 10.3 Å². The number of hydrogen-bond acceptors (Lipinski definition) is 5. The molecule has 3 aromatic carbocycles. The quantitative estimate of drug-likeness (QED) is 0.247. The fourth-order valence-electron chi connectivity index (χ4n) is 3.17. The summed E-state index contributed by atoms with van der Waals surface area (Å²) in [4.78, 5) is 30.5. The molecule has 0 aliphatic rings. The smallest absolute Gasteiger partial charge is 0.266 e. The van der Waals surface area contributed by atoms with Gasteiger partial charge in [0.25, 0.3) is 5.56 Å². The van der Waals surface area contributed by atoms with E-state index < -0.39 is 5.82 Å². The number of benzene rings is 3. The number of fused-ring (bicyclic) bond motifs is 1. The summed E-state index contributed by atoms with van der Waals surface area (Å²) in [7, 11) is 1.54. The maximum atomic E-state index is 14.2. The van der Waals surface area contributed by atoms with Gasteiger partial charge in [0.05, 0.1) is 29.5 Å². The highest BCUT2D eigenvalue weighted by Gasteiger charge is 2.16. The van der Waals surface area contributed by atoms with E-state index in [1.807, 2.05) is 0 Å². The van der Waals surface area contributed by atoms with Crippen LogP contribution in [0.1, 0.15) is 15.9 Å². The molecule has 0 amide bonds. The van der Waals surface area contributed by atoms with Crippen molar-refractivity contribution < 1.29 is 13.9 Å². The molecule has 1 aromatic heterocycles. The van der Waals surface area contributed by atoms with E-state index in [9.17, 15) is 14.0 Å². The lowest BCUT2D eigenvalue weighted by molar-refractivity contribution is 0.102. The van der Waals surface area contributed by atoms with Crippen LogP contribution >= 0.6 is 11.8 Å². The number of aromatic nitrogens is 2. The summed E-state index contributed by atoms with van der Waals surface area (Å²) in [5.41, 5.74) is 1.55. The minimum Gasteiger partial charge on any atom is -0.497 e. The first-order valence-electron chi connectivity index (χ1n) is 9.56. The van der Waals surface area contributed by atoms with Gasteiger partial charge in [-0.3, -0.25) is 14.2 Å². The van der Waals surface area contributed by atoms with Gasteiger partial charge in [0.1, 0.15) is 11.6 Å². The van der Waals surface area contributed by atoms with Crippen LogP contribution in [0.4, 0.5) is 4.39 Å². The highest BCUT2D eigenvalue weighted by atomic mass is 32.2. The molecular formula is C24H19FN2O3S. The average molecular weight is 434 g/mol. The number of Topliss-reactive ketones (excluding diaryl/α,β-unsaturated/α-hetero) is 1. The molecule has 5 nitrogen and oxygen atoms in total. The number of hydrogen-bond donors (Lipinski definition) is 0. The molecule has 0 bridgehead atoms. The molecule has 0 aliphatic heterocycles. The minimum atomic E-state index is -0.416. The number of para-hydroxylation sites is 1. The molecule has 1 heterocycles. The molecule has 0 N–H and O–H groups in total. The molecule has 0 unspecified atom stereocenters. The Kier molecular flexibility index (Phi) is 5.86. The first-order chi connectivity index (χ1) is 15.0. The second-order valence-electron chi connectivity index (χ2n) is 6.93. The highest BCUT2D eigenvalue weighted by Crippen LogP contribution is 2.24. The number of methoxy groups -OCH3 is 1. The van der Waals surface area contributed by atoms with E-state index in [2.05, 4.69) is 4.98 Å². The summed E-state index contributed by atoms with van der Waals surface area (Å²) in [5.74, 6) is 0.104. The lowest BCUT2D eigenvalue weighted by Crippen LogP contribution is -2.22. The van der Waals surface area contributed by atoms with Crippen LogP contribution in [-0.2, 0) is 0 Å². The average Bonchev–Trinajstić information content (AvgIpc) is 2.79. The lowest BCUT2D eigenvalue weighted by Gasteiger charge is -2.13. The normalized spacial score (nSPS) is 10.9. The van der Waals surface area contributed by atoms with E-state index in [1.54, 1.807) is 67.6 Å². The molecule has 0 fully saturated rings. The van der Waals surface area contributed by atoms with Crippen molar-refractivity contribution >= 4 is 28.4 Å². The summed E-state index contributed by atoms with van der Waals surface area (Å²) in [6, 6.07) is 18.4. The number of rotatable bonds is 6. The maximum Gasteiger partial charge on any atom is 0.266 e. The first kappa shape index (κ1) is 20.8. The molecule has 0 saturated carbocycles. The van der Waals surface area contributed by atoms with Crippen LogP contribution in [0.25, 0.3) is 16.6 Å². The molecule has 4 aromatic rings. The Morgan fingerprint density at radius 1 is 1.10 bits per heavy atom. The molecule has 7 heteroatoms. The van der Waals surface area contributed by atoms with E-state index in [4.69, 9.17) is 4.74 Å². The zero-order chi connectivity index (χ0) is 22.0. The zero-order valence-corrected chi connectivity index (χ0v) is 17.8. The van der Waals surface area contributed by atoms with E-state index in [0.29, 0.717) is 38.6 Å². The van der Waals surface area contributed by atoms with E-state index in [0.717, 1.165) is 11.8 Å². The van der Waals surface area contributed by atoms with Gasteiger partial charge in [-0.2, -0.15) is 0 Å². The Morgan fingerprint density at radius 2 is 1.90 bits per heavy atom. The second kappa shape index (κ2) is 8.73. The highest BCUT2D eigenvalue weighted by molar-refractivity contribution is 7.99. The number of aryl methyl sites for hydroxylation is 1. The van der Waals surface area contributed by atoms with Gasteiger partial charge in [0.15, 0.2) is 10.9 Å². The Balaban J connectivity index is 1.76. The predicted molar refractivity (Wildman–Crippen MR) is 120 cm³/mol. The summed E-state index contributed by atoms with van der Waals surface area (Å²) < 4.78 is 20.8. The van der Waals surface area contributed by atoms with Crippen LogP contribution in [0.2, 0.25) is 0 Å². The van der Waals surface area contributed by atoms with Crippen molar-refractivity contribution in [3.63, 3.8) is 0 Å². The summed E-state index contributed by atoms with van der Waals surface area (Å²) >= 11 is 1.14. The largest absolute Gasteiger partial charge is 0.497 e. The standard InChI is InChI=1S/C24H19FN2O3S/c1-15-10-11-17(13-20(15)25)27-23(29)19-8-3-4-9-21(19)26-24(27)31-14-22(28)16-6-5-7-18(12-16)30-2/h3-13H,14H2,1-2H3. The summed E-state index contributed by atoms with van der Waals surface area (Å²) in [5, 5.41) is 0.746. The van der Waals surface area contributed by atoms with E-state index in [1.165, 1.54) is 17.7 Å². The van der Waals surface area contributed by atoms with Crippen molar-refractivity contribution in [2.45, 2.75) is 12.1 Å². The van der Waals surface area contributed by atoms with Gasteiger partial charge in [-0.1, -0.05) is 42.1 Å². The third-order valence-corrected chi connectivity index (χ3v) is 5.82. The third kappa shape index (κ3) is 4.22. The molecule has 156 valence electrons. The number of nitrogens with zero attached hydrogens (tertiary/aromatic N) is 2. The zero-order valence-electron chi connectivity index (χ0n) is 17.0. The Hall–Kier alpha value is -3.45. The molecule has 0 spiro atoms. The number of ketones is 1. The van der Waals surface area contributed by atoms with Crippen molar-refractivity contribution in [1.29, 1.82) is 0 Å². The predicted octanol–water partition coefficient (Wildman–Crippen LogP) is 4.82. The van der Waals surface area contributed by atoms with Crippen LogP contribution in [-0.4, -0.2) is 28.2 Å². The van der Waals surface area contributed by atoms with Gasteiger partial charge in [-0.25, -0.2) is 9.37 Å². The van der Waals surface area contributed by atoms with Crippen molar-refractivity contribution in [3.05, 3.63) is 94.0 Å². The van der Waals surface area contributed by atoms with Crippen LogP contribution in [0, 0.1) is 12.7 Å². The second-order valence-corrected chi connectivity index (χ2v) is 7.87. The molecule has 0 aliphatic carbocycles. The van der Waals surface area contributed by atoms with Gasteiger partial charge in [-0.05, 0) is 48.9 Å². The molecular weight excluding hydrogens is 415 g/mol. The number of halogens is 1. The number of thioether (sulfide) groups is 1. The first-order valence-corrected chi connectivity index (χ1v) is 10.5. The van der Waals surface area contributed by atoms with Gasteiger partial charge in [0, 0.05) is 5.56 Å². The van der Waals surface area contributed by atoms with Gasteiger partial charge < -0.3 is 4.74 Å². The number of carbonyl (C=O) groups is 1. The molecule has 0 radical (unpaired) electrons. The number of carbonyl (C=O) groups excluding carboxylic acids is 1. The van der Waals surface area contributed by atoms with E-state index >= 15 is 0 Å². The maximum absolute atomic E-state index is 14.2. The monoisotopic (exact) mass is 434 g/mol. The minimum absolute atomic E-state index is 0.0618. The number of ether oxygens (including phenoxy) is 1. The van der Waals surface area contributed by atoms with Crippen molar-refractivity contribution in [3.8, 4) is 11.4 Å². The molecule has 0 atom stereocenters. The van der Waals surface area contributed by atoms with Crippen LogP contribution in [0.5, 0.6) is 5.75 Å². The SMILES string of the molecule is COc1cccc(C(=O)CSc2nc3ccccc3c(=O)n2-c2ccc(C)c(F)c2)c1. The fourth-order valence-corrected chi connectivity index (χ4v) is 4.07. The molecule has 0 saturated heterocycles. The summed E-state index contributed by atoms with van der Waals surface area (Å²) in [6.07, 6.45) is 0. The van der Waals surface area contributed by atoms with Gasteiger partial charge in [0.2, 0.25) is 0 Å². The van der Waals surface area contributed by atoms with Gasteiger partial charge >= 0.3 is 0 Å². The van der Waals surface area contributed by atoms with Crippen LogP contribution in [0.15, 0.2) is 76.7 Å². The Morgan fingerprint density at radius 3 is 2.68 bits per heavy atom. The molecule has 4 rings (SSSR count). The van der Waals surface area contributed by atoms with E-state index in [-0.39, 0.29) is 17.1 Å². The fraction of sp³-hybridized carbons (Fsp3) is 0.125. The lowest BCUT2D eigenvalue weighted by atomic mass is 10.1.